The maximum Gasteiger partial charge on any atom is 0.214 e. The number of aliphatic hydroxyl groups is 1. The van der Waals surface area contributed by atoms with E-state index in [-0.39, 0.29) is 12.0 Å². The Hall–Kier alpha value is -2.64. The molecule has 2 N–H and O–H groups in total. The van der Waals surface area contributed by atoms with Crippen molar-refractivity contribution in [1.82, 2.24) is 14.6 Å². The number of hydrogen-bond donors (Lipinski definition) is 2. The first-order valence-electron chi connectivity index (χ1n) is 9.29. The number of nitrogens with zero attached hydrogens (tertiary/aromatic N) is 3. The van der Waals surface area contributed by atoms with Crippen molar-refractivity contribution < 1.29 is 9.84 Å². The number of ether oxygens (including phenoxy) is 1. The van der Waals surface area contributed by atoms with Crippen LogP contribution in [0.4, 0.5) is 5.13 Å². The van der Waals surface area contributed by atoms with E-state index in [9.17, 15) is 5.11 Å². The Morgan fingerprint density at radius 3 is 2.75 bits per heavy atom. The van der Waals surface area contributed by atoms with Gasteiger partial charge in [0.2, 0.25) is 10.1 Å². The van der Waals surface area contributed by atoms with Crippen molar-refractivity contribution in [3.05, 3.63) is 54.4 Å². The molecule has 2 aromatic heterocycles. The molecule has 28 heavy (non-hydrogen) atoms. The number of aromatic nitrogens is 3. The summed E-state index contributed by atoms with van der Waals surface area (Å²) in [5.74, 6) is 0.777. The van der Waals surface area contributed by atoms with Gasteiger partial charge in [0.25, 0.3) is 0 Å². The lowest BCUT2D eigenvalue weighted by molar-refractivity contribution is 0.118. The Labute approximate surface area is 167 Å². The summed E-state index contributed by atoms with van der Waals surface area (Å²) in [6.07, 6.45) is 1.30. The lowest BCUT2D eigenvalue weighted by Crippen LogP contribution is -2.26. The molecule has 2 aromatic carbocycles. The van der Waals surface area contributed by atoms with E-state index in [0.717, 1.165) is 32.3 Å². The molecule has 4 aromatic rings. The standard InChI is InChI=1S/C21H24N4O2S/c1-21(2,3)18-12-25-20(23-18)28-19(24-25)22-11-15(26)13-27-17-10-6-8-14-7-4-5-9-16(14)17/h4-10,12,15,26H,11,13H2,1-3H3,(H,22,24). The van der Waals surface area contributed by atoms with Gasteiger partial charge >= 0.3 is 0 Å². The third-order valence-electron chi connectivity index (χ3n) is 4.48. The molecule has 2 heterocycles. The smallest absolute Gasteiger partial charge is 0.214 e. The van der Waals surface area contributed by atoms with Crippen molar-refractivity contribution in [2.24, 2.45) is 0 Å². The minimum atomic E-state index is -0.652. The molecule has 0 aliphatic heterocycles. The molecule has 4 rings (SSSR count). The normalized spacial score (nSPS) is 13.1. The Balaban J connectivity index is 1.34. The topological polar surface area (TPSA) is 71.7 Å². The molecule has 146 valence electrons. The van der Waals surface area contributed by atoms with E-state index in [0.29, 0.717) is 6.54 Å². The third-order valence-corrected chi connectivity index (χ3v) is 5.36. The van der Waals surface area contributed by atoms with Gasteiger partial charge in [-0.2, -0.15) is 0 Å². The number of benzene rings is 2. The van der Waals surface area contributed by atoms with E-state index < -0.39 is 6.10 Å². The van der Waals surface area contributed by atoms with Gasteiger partial charge in [-0.15, -0.1) is 5.10 Å². The molecule has 7 heteroatoms. The predicted molar refractivity (Wildman–Crippen MR) is 114 cm³/mol. The van der Waals surface area contributed by atoms with Gasteiger partial charge in [0.1, 0.15) is 18.5 Å². The van der Waals surface area contributed by atoms with E-state index in [2.05, 4.69) is 36.2 Å². The Bertz CT molecular complexity index is 1060. The monoisotopic (exact) mass is 396 g/mol. The Morgan fingerprint density at radius 2 is 1.96 bits per heavy atom. The quantitative estimate of drug-likeness (QED) is 0.514. The van der Waals surface area contributed by atoms with Gasteiger partial charge in [-0.05, 0) is 11.5 Å². The zero-order chi connectivity index (χ0) is 19.7. The molecular weight excluding hydrogens is 372 g/mol. The van der Waals surface area contributed by atoms with Crippen LogP contribution in [0.15, 0.2) is 48.7 Å². The molecule has 0 bridgehead atoms. The Morgan fingerprint density at radius 1 is 1.18 bits per heavy atom. The van der Waals surface area contributed by atoms with Gasteiger partial charge in [0.15, 0.2) is 0 Å². The van der Waals surface area contributed by atoms with Crippen LogP contribution in [0.5, 0.6) is 5.75 Å². The number of hydrogen-bond acceptors (Lipinski definition) is 6. The maximum absolute atomic E-state index is 10.3. The molecule has 0 amide bonds. The van der Waals surface area contributed by atoms with E-state index in [4.69, 9.17) is 4.74 Å². The van der Waals surface area contributed by atoms with Gasteiger partial charge in [0, 0.05) is 17.3 Å². The minimum absolute atomic E-state index is 0.00381. The second kappa shape index (κ2) is 7.41. The maximum atomic E-state index is 10.3. The van der Waals surface area contributed by atoms with Crippen molar-refractivity contribution in [3.8, 4) is 5.75 Å². The lowest BCUT2D eigenvalue weighted by atomic mass is 9.93. The molecule has 6 nitrogen and oxygen atoms in total. The highest BCUT2D eigenvalue weighted by atomic mass is 32.1. The summed E-state index contributed by atoms with van der Waals surface area (Å²) in [7, 11) is 0. The summed E-state index contributed by atoms with van der Waals surface area (Å²) >= 11 is 1.47. The number of rotatable bonds is 6. The summed E-state index contributed by atoms with van der Waals surface area (Å²) < 4.78 is 7.63. The van der Waals surface area contributed by atoms with E-state index in [1.165, 1.54) is 11.3 Å². The molecule has 0 aliphatic carbocycles. The summed E-state index contributed by atoms with van der Waals surface area (Å²) in [6, 6.07) is 14.0. The van der Waals surface area contributed by atoms with Crippen molar-refractivity contribution in [2.45, 2.75) is 32.3 Å². The predicted octanol–water partition coefficient (Wildman–Crippen LogP) is 4.09. The fourth-order valence-corrected chi connectivity index (χ4v) is 3.69. The van der Waals surface area contributed by atoms with E-state index in [1.807, 2.05) is 48.7 Å². The van der Waals surface area contributed by atoms with Crippen LogP contribution in [0.3, 0.4) is 0 Å². The van der Waals surface area contributed by atoms with Gasteiger partial charge in [0.05, 0.1) is 11.9 Å². The van der Waals surface area contributed by atoms with Crippen molar-refractivity contribution in [1.29, 1.82) is 0 Å². The molecule has 0 saturated heterocycles. The van der Waals surface area contributed by atoms with Crippen LogP contribution in [0, 0.1) is 0 Å². The van der Waals surface area contributed by atoms with Crippen molar-refractivity contribution in [3.63, 3.8) is 0 Å². The summed E-state index contributed by atoms with van der Waals surface area (Å²) in [4.78, 5) is 5.47. The van der Waals surface area contributed by atoms with Crippen LogP contribution in [0.1, 0.15) is 26.5 Å². The first-order chi connectivity index (χ1) is 13.4. The highest BCUT2D eigenvalue weighted by Gasteiger charge is 2.19. The lowest BCUT2D eigenvalue weighted by Gasteiger charge is -2.14. The second-order valence-corrected chi connectivity index (χ2v) is 8.79. The molecule has 1 unspecified atom stereocenters. The molecule has 0 fully saturated rings. The van der Waals surface area contributed by atoms with Crippen molar-refractivity contribution >= 4 is 32.2 Å². The number of nitrogens with one attached hydrogen (secondary N) is 1. The zero-order valence-electron chi connectivity index (χ0n) is 16.2. The van der Waals surface area contributed by atoms with Crippen LogP contribution in [0.2, 0.25) is 0 Å². The second-order valence-electron chi connectivity index (χ2n) is 7.83. The highest BCUT2D eigenvalue weighted by molar-refractivity contribution is 7.20. The van der Waals surface area contributed by atoms with Gasteiger partial charge in [-0.3, -0.25) is 0 Å². The SMILES string of the molecule is CC(C)(C)c1cn2nc(NCC(O)COc3cccc4ccccc34)sc2n1. The summed E-state index contributed by atoms with van der Waals surface area (Å²) in [5.41, 5.74) is 1.01. The van der Waals surface area contributed by atoms with Crippen LogP contribution in [-0.2, 0) is 5.41 Å². The van der Waals surface area contributed by atoms with E-state index in [1.54, 1.807) is 4.52 Å². The summed E-state index contributed by atoms with van der Waals surface area (Å²) in [6.45, 7) is 6.95. The minimum Gasteiger partial charge on any atom is -0.490 e. The molecule has 0 saturated carbocycles. The third kappa shape index (κ3) is 3.95. The molecule has 1 atom stereocenters. The van der Waals surface area contributed by atoms with Gasteiger partial charge in [-0.1, -0.05) is 68.5 Å². The fraction of sp³-hybridized carbons (Fsp3) is 0.333. The largest absolute Gasteiger partial charge is 0.490 e. The molecule has 0 spiro atoms. The highest BCUT2D eigenvalue weighted by Crippen LogP contribution is 2.26. The molecule has 0 radical (unpaired) electrons. The number of fused-ring (bicyclic) bond motifs is 2. The molecular formula is C21H24N4O2S. The Kier molecular flexibility index (Phi) is 4.95. The van der Waals surface area contributed by atoms with Crippen LogP contribution in [-0.4, -0.2) is 39.0 Å². The first kappa shape index (κ1) is 18.7. The first-order valence-corrected chi connectivity index (χ1v) is 10.1. The van der Waals surface area contributed by atoms with E-state index >= 15 is 0 Å². The molecule has 0 aliphatic rings. The van der Waals surface area contributed by atoms with Crippen LogP contribution >= 0.6 is 11.3 Å². The zero-order valence-corrected chi connectivity index (χ0v) is 17.0. The van der Waals surface area contributed by atoms with Crippen LogP contribution < -0.4 is 10.1 Å². The summed E-state index contributed by atoms with van der Waals surface area (Å²) in [5, 5.41) is 20.8. The van der Waals surface area contributed by atoms with Crippen LogP contribution in [0.25, 0.3) is 15.7 Å². The number of aliphatic hydroxyl groups excluding tert-OH is 1. The number of anilines is 1. The van der Waals surface area contributed by atoms with Crippen molar-refractivity contribution in [2.75, 3.05) is 18.5 Å². The average Bonchev–Trinajstić information content (AvgIpc) is 3.23. The fourth-order valence-electron chi connectivity index (χ4n) is 2.90. The van der Waals surface area contributed by atoms with Gasteiger partial charge in [-0.25, -0.2) is 9.50 Å². The van der Waals surface area contributed by atoms with Gasteiger partial charge < -0.3 is 15.2 Å². The number of imidazole rings is 1. The average molecular weight is 397 g/mol.